The van der Waals surface area contributed by atoms with Crippen molar-refractivity contribution in [2.75, 3.05) is 13.7 Å². The Labute approximate surface area is 306 Å². The van der Waals surface area contributed by atoms with Gasteiger partial charge in [-0.05, 0) is 78.8 Å². The molecule has 2 aromatic carbocycles. The number of hydrogen-bond acceptors (Lipinski definition) is 7. The number of ether oxygens (including phenoxy) is 3. The highest BCUT2D eigenvalue weighted by Gasteiger charge is 2.38. The van der Waals surface area contributed by atoms with Gasteiger partial charge in [-0.15, -0.1) is 11.6 Å². The molecule has 9 nitrogen and oxygen atoms in total. The van der Waals surface area contributed by atoms with Gasteiger partial charge in [0, 0.05) is 25.3 Å². The van der Waals surface area contributed by atoms with E-state index in [2.05, 4.69) is 36.6 Å². The van der Waals surface area contributed by atoms with Crippen molar-refractivity contribution in [1.82, 2.24) is 10.6 Å². The van der Waals surface area contributed by atoms with Gasteiger partial charge in [0.2, 0.25) is 11.8 Å². The van der Waals surface area contributed by atoms with Crippen molar-refractivity contribution < 1.29 is 33.4 Å². The lowest BCUT2D eigenvalue weighted by Gasteiger charge is -2.33. The molecule has 274 valence electrons. The second kappa shape index (κ2) is 18.6. The SMILES string of the molecule is COc1ccc(C[C@H]2NC(=O)/C=C/C[C@@H](C(C)[C@@H](C)C(C)c3ccc(CCl)cc3)OC(=O)[C@H](CC(C)C)OC(=O)C(C)(C)CNC2=O)cc1Cl. The van der Waals surface area contributed by atoms with Gasteiger partial charge in [-0.3, -0.25) is 14.4 Å². The van der Waals surface area contributed by atoms with E-state index >= 15 is 0 Å². The third-order valence-electron chi connectivity index (χ3n) is 9.51. The van der Waals surface area contributed by atoms with Gasteiger partial charge >= 0.3 is 11.9 Å². The number of cyclic esters (lactones) is 2. The van der Waals surface area contributed by atoms with Crippen molar-refractivity contribution in [2.24, 2.45) is 23.2 Å². The van der Waals surface area contributed by atoms with Crippen LogP contribution < -0.4 is 15.4 Å². The van der Waals surface area contributed by atoms with Crippen molar-refractivity contribution in [3.8, 4) is 5.75 Å². The van der Waals surface area contributed by atoms with Crippen LogP contribution in [0.5, 0.6) is 5.75 Å². The highest BCUT2D eigenvalue weighted by Crippen LogP contribution is 2.34. The minimum Gasteiger partial charge on any atom is -0.495 e. The smallest absolute Gasteiger partial charge is 0.347 e. The van der Waals surface area contributed by atoms with E-state index in [1.165, 1.54) is 13.2 Å². The van der Waals surface area contributed by atoms with Crippen LogP contribution in [-0.4, -0.2) is 55.7 Å². The minimum atomic E-state index is -1.20. The van der Waals surface area contributed by atoms with Crippen molar-refractivity contribution in [3.63, 3.8) is 0 Å². The quantitative estimate of drug-likeness (QED) is 0.197. The van der Waals surface area contributed by atoms with Crippen LogP contribution in [0.1, 0.15) is 83.9 Å². The lowest BCUT2D eigenvalue weighted by Crippen LogP contribution is -2.51. The summed E-state index contributed by atoms with van der Waals surface area (Å²) in [5, 5.41) is 5.95. The lowest BCUT2D eigenvalue weighted by atomic mass is 9.77. The Hall–Kier alpha value is -3.56. The summed E-state index contributed by atoms with van der Waals surface area (Å²) < 4.78 is 17.2. The molecule has 0 saturated heterocycles. The molecule has 2 aromatic rings. The number of halogens is 2. The number of esters is 2. The normalized spacial score (nSPS) is 23.1. The van der Waals surface area contributed by atoms with Gasteiger partial charge in [0.15, 0.2) is 6.10 Å². The van der Waals surface area contributed by atoms with Crippen LogP contribution in [0, 0.1) is 23.2 Å². The van der Waals surface area contributed by atoms with E-state index in [1.54, 1.807) is 38.1 Å². The molecule has 11 heteroatoms. The molecule has 0 aromatic heterocycles. The summed E-state index contributed by atoms with van der Waals surface area (Å²) in [6, 6.07) is 12.3. The Bertz CT molecular complexity index is 1510. The molecule has 0 spiro atoms. The lowest BCUT2D eigenvalue weighted by molar-refractivity contribution is -0.179. The molecule has 0 saturated carbocycles. The number of carbonyl (C=O) groups excluding carboxylic acids is 4. The van der Waals surface area contributed by atoms with E-state index in [9.17, 15) is 19.2 Å². The molecule has 1 aliphatic rings. The number of methoxy groups -OCH3 is 1. The molecule has 50 heavy (non-hydrogen) atoms. The van der Waals surface area contributed by atoms with Crippen molar-refractivity contribution in [1.29, 1.82) is 0 Å². The molecule has 1 heterocycles. The molecule has 0 radical (unpaired) electrons. The Morgan fingerprint density at radius 3 is 2.22 bits per heavy atom. The molecular weight excluding hydrogens is 679 g/mol. The number of carbonyl (C=O) groups is 4. The minimum absolute atomic E-state index is 0.0235. The van der Waals surface area contributed by atoms with Gasteiger partial charge in [0.25, 0.3) is 0 Å². The number of hydrogen-bond donors (Lipinski definition) is 2. The summed E-state index contributed by atoms with van der Waals surface area (Å²) in [5.41, 5.74) is 1.66. The van der Waals surface area contributed by atoms with Crippen LogP contribution in [-0.2, 0) is 41.0 Å². The molecule has 0 aliphatic carbocycles. The number of alkyl halides is 1. The maximum absolute atomic E-state index is 13.7. The molecule has 2 N–H and O–H groups in total. The highest BCUT2D eigenvalue weighted by atomic mass is 35.5. The number of benzene rings is 2. The van der Waals surface area contributed by atoms with Crippen LogP contribution in [0.3, 0.4) is 0 Å². The zero-order valence-electron chi connectivity index (χ0n) is 30.4. The summed E-state index contributed by atoms with van der Waals surface area (Å²) in [7, 11) is 1.51. The topological polar surface area (TPSA) is 120 Å². The fraction of sp³-hybridized carbons (Fsp3) is 0.538. The predicted molar refractivity (Wildman–Crippen MR) is 196 cm³/mol. The Morgan fingerprint density at radius 2 is 1.62 bits per heavy atom. The van der Waals surface area contributed by atoms with E-state index in [1.807, 2.05) is 32.9 Å². The molecular formula is C39H52Cl2N2O7. The Morgan fingerprint density at radius 1 is 0.960 bits per heavy atom. The molecule has 0 fully saturated rings. The maximum atomic E-state index is 13.7. The first-order chi connectivity index (χ1) is 23.6. The van der Waals surface area contributed by atoms with Crippen LogP contribution in [0.2, 0.25) is 5.02 Å². The van der Waals surface area contributed by atoms with E-state index in [0.29, 0.717) is 22.2 Å². The van der Waals surface area contributed by atoms with Crippen LogP contribution in [0.15, 0.2) is 54.6 Å². The Balaban J connectivity index is 1.96. The van der Waals surface area contributed by atoms with Gasteiger partial charge in [-0.25, -0.2) is 4.79 Å². The maximum Gasteiger partial charge on any atom is 0.347 e. The fourth-order valence-corrected chi connectivity index (χ4v) is 6.29. The number of nitrogens with one attached hydrogen (secondary N) is 2. The summed E-state index contributed by atoms with van der Waals surface area (Å²) in [6.07, 6.45) is 1.84. The highest BCUT2D eigenvalue weighted by molar-refractivity contribution is 6.32. The van der Waals surface area contributed by atoms with Gasteiger partial charge in [0.1, 0.15) is 17.9 Å². The van der Waals surface area contributed by atoms with Crippen LogP contribution in [0.25, 0.3) is 0 Å². The van der Waals surface area contributed by atoms with Crippen LogP contribution in [0.4, 0.5) is 0 Å². The first kappa shape index (κ1) is 40.9. The van der Waals surface area contributed by atoms with E-state index in [0.717, 1.165) is 11.1 Å². The van der Waals surface area contributed by atoms with E-state index in [4.69, 9.17) is 37.4 Å². The standard InChI is InChI=1S/C39H52Cl2N2O7/c1-23(2)18-34-37(46)49-32(26(5)24(3)25(4)29-15-12-27(21-40)13-16-29)10-9-11-35(44)43-31(20-28-14-17-33(48-8)30(41)19-28)36(45)42-22-39(6,7)38(47)50-34/h9,11-17,19,23-26,31-32,34H,10,18,20-22H2,1-8H3,(H,42,45)(H,43,44)/b11-9+/t24-,25?,26?,31+,32-,34-/m0/s1. The molecule has 6 atom stereocenters. The van der Waals surface area contributed by atoms with Gasteiger partial charge in [-0.2, -0.15) is 0 Å². The summed E-state index contributed by atoms with van der Waals surface area (Å²) in [6.45, 7) is 13.3. The molecule has 2 unspecified atom stereocenters. The zero-order valence-corrected chi connectivity index (χ0v) is 31.9. The van der Waals surface area contributed by atoms with Crippen molar-refractivity contribution >= 4 is 47.0 Å². The summed E-state index contributed by atoms with van der Waals surface area (Å²) in [4.78, 5) is 54.0. The molecule has 1 aliphatic heterocycles. The average molecular weight is 732 g/mol. The Kier molecular flexibility index (Phi) is 15.2. The second-order valence-corrected chi connectivity index (χ2v) is 15.0. The largest absolute Gasteiger partial charge is 0.495 e. The third kappa shape index (κ3) is 11.5. The second-order valence-electron chi connectivity index (χ2n) is 14.4. The summed E-state index contributed by atoms with van der Waals surface area (Å²) in [5.74, 6) is -1.33. The fourth-order valence-electron chi connectivity index (χ4n) is 5.83. The first-order valence-electron chi connectivity index (χ1n) is 17.2. The molecule has 2 amide bonds. The van der Waals surface area contributed by atoms with Crippen LogP contribution >= 0.6 is 23.2 Å². The average Bonchev–Trinajstić information content (AvgIpc) is 3.08. The number of amides is 2. The molecule has 0 bridgehead atoms. The summed E-state index contributed by atoms with van der Waals surface area (Å²) >= 11 is 12.3. The van der Waals surface area contributed by atoms with Gasteiger partial charge in [0.05, 0.1) is 17.5 Å². The molecule has 3 rings (SSSR count). The predicted octanol–water partition coefficient (Wildman–Crippen LogP) is 7.16. The van der Waals surface area contributed by atoms with Gasteiger partial charge < -0.3 is 24.8 Å². The van der Waals surface area contributed by atoms with E-state index < -0.39 is 47.4 Å². The van der Waals surface area contributed by atoms with Gasteiger partial charge in [-0.1, -0.05) is 82.6 Å². The van der Waals surface area contributed by atoms with Crippen molar-refractivity contribution in [2.45, 2.75) is 97.8 Å². The van der Waals surface area contributed by atoms with E-state index in [-0.39, 0.29) is 49.5 Å². The first-order valence-corrected chi connectivity index (χ1v) is 18.1. The zero-order chi connectivity index (χ0) is 37.2. The van der Waals surface area contributed by atoms with Crippen molar-refractivity contribution in [3.05, 3.63) is 76.3 Å². The monoisotopic (exact) mass is 730 g/mol. The number of rotatable bonds is 10. The third-order valence-corrected chi connectivity index (χ3v) is 10.1.